The second-order valence-corrected chi connectivity index (χ2v) is 4.23. The van der Waals surface area contributed by atoms with E-state index in [1.165, 1.54) is 24.3 Å². The summed E-state index contributed by atoms with van der Waals surface area (Å²) >= 11 is 0. The van der Waals surface area contributed by atoms with E-state index >= 15 is 0 Å². The SMILES string of the molecule is N#Cc1ccc(COCC(=O)c2ccc(F)cc2)cc1. The van der Waals surface area contributed by atoms with E-state index in [1.807, 2.05) is 6.07 Å². The number of Topliss-reactive ketones (excluding diaryl/α,β-unsaturated/α-hetero) is 1. The first kappa shape index (κ1) is 13.9. The Morgan fingerprint density at radius 1 is 1.10 bits per heavy atom. The lowest BCUT2D eigenvalue weighted by molar-refractivity contribution is 0.0726. The van der Waals surface area contributed by atoms with Crippen LogP contribution in [0.25, 0.3) is 0 Å². The second-order valence-electron chi connectivity index (χ2n) is 4.23. The lowest BCUT2D eigenvalue weighted by Crippen LogP contribution is -2.09. The molecule has 0 heterocycles. The minimum absolute atomic E-state index is 0.0639. The molecule has 0 atom stereocenters. The number of ether oxygens (including phenoxy) is 1. The van der Waals surface area contributed by atoms with Gasteiger partial charge in [-0.3, -0.25) is 4.79 Å². The van der Waals surface area contributed by atoms with Crippen molar-refractivity contribution >= 4 is 5.78 Å². The van der Waals surface area contributed by atoms with Crippen molar-refractivity contribution < 1.29 is 13.9 Å². The van der Waals surface area contributed by atoms with Gasteiger partial charge in [0.1, 0.15) is 12.4 Å². The molecular weight excluding hydrogens is 257 g/mol. The number of hydrogen-bond donors (Lipinski definition) is 0. The summed E-state index contributed by atoms with van der Waals surface area (Å²) in [4.78, 5) is 11.8. The molecule has 0 aliphatic carbocycles. The molecule has 0 radical (unpaired) electrons. The van der Waals surface area contributed by atoms with Gasteiger partial charge < -0.3 is 4.74 Å². The second kappa shape index (κ2) is 6.60. The van der Waals surface area contributed by atoms with Gasteiger partial charge in [-0.1, -0.05) is 12.1 Å². The molecule has 0 aliphatic heterocycles. The third-order valence-electron chi connectivity index (χ3n) is 2.75. The van der Waals surface area contributed by atoms with Crippen molar-refractivity contribution in [1.82, 2.24) is 0 Å². The van der Waals surface area contributed by atoms with Crippen LogP contribution in [0.2, 0.25) is 0 Å². The van der Waals surface area contributed by atoms with Crippen LogP contribution in [-0.4, -0.2) is 12.4 Å². The topological polar surface area (TPSA) is 50.1 Å². The fourth-order valence-electron chi connectivity index (χ4n) is 1.66. The van der Waals surface area contributed by atoms with Crippen LogP contribution in [0.3, 0.4) is 0 Å². The van der Waals surface area contributed by atoms with Crippen molar-refractivity contribution in [3.8, 4) is 6.07 Å². The van der Waals surface area contributed by atoms with Crippen molar-refractivity contribution in [2.45, 2.75) is 6.61 Å². The Morgan fingerprint density at radius 3 is 2.35 bits per heavy atom. The van der Waals surface area contributed by atoms with E-state index in [1.54, 1.807) is 24.3 Å². The normalized spacial score (nSPS) is 10.0. The van der Waals surface area contributed by atoms with E-state index in [0.29, 0.717) is 17.7 Å². The maximum Gasteiger partial charge on any atom is 0.188 e. The maximum atomic E-state index is 12.7. The highest BCUT2D eigenvalue weighted by atomic mass is 19.1. The summed E-state index contributed by atoms with van der Waals surface area (Å²) in [7, 11) is 0. The van der Waals surface area contributed by atoms with Crippen LogP contribution in [0.1, 0.15) is 21.5 Å². The molecule has 0 spiro atoms. The molecule has 0 fully saturated rings. The third-order valence-corrected chi connectivity index (χ3v) is 2.75. The molecule has 3 nitrogen and oxygen atoms in total. The van der Waals surface area contributed by atoms with Gasteiger partial charge in [-0.25, -0.2) is 4.39 Å². The summed E-state index contributed by atoms with van der Waals surface area (Å²) in [5, 5.41) is 8.67. The van der Waals surface area contributed by atoms with Crippen molar-refractivity contribution in [3.05, 3.63) is 71.0 Å². The number of carbonyl (C=O) groups excluding carboxylic acids is 1. The fourth-order valence-corrected chi connectivity index (χ4v) is 1.66. The van der Waals surface area contributed by atoms with Crippen LogP contribution in [0.15, 0.2) is 48.5 Å². The summed E-state index contributed by atoms with van der Waals surface area (Å²) in [5.41, 5.74) is 1.89. The van der Waals surface area contributed by atoms with Crippen molar-refractivity contribution in [3.63, 3.8) is 0 Å². The van der Waals surface area contributed by atoms with Gasteiger partial charge in [-0.2, -0.15) is 5.26 Å². The number of ketones is 1. The van der Waals surface area contributed by atoms with Gasteiger partial charge >= 0.3 is 0 Å². The van der Waals surface area contributed by atoms with E-state index in [4.69, 9.17) is 10.00 Å². The predicted molar refractivity (Wildman–Crippen MR) is 71.5 cm³/mol. The molecular formula is C16H12FNO2. The fraction of sp³-hybridized carbons (Fsp3) is 0.125. The molecule has 2 aromatic rings. The molecule has 0 saturated carbocycles. The maximum absolute atomic E-state index is 12.7. The van der Waals surface area contributed by atoms with Gasteiger partial charge in [-0.15, -0.1) is 0 Å². The third kappa shape index (κ3) is 3.74. The van der Waals surface area contributed by atoms with E-state index in [-0.39, 0.29) is 18.2 Å². The zero-order valence-corrected chi connectivity index (χ0v) is 10.7. The van der Waals surface area contributed by atoms with E-state index in [2.05, 4.69) is 0 Å². The number of hydrogen-bond acceptors (Lipinski definition) is 3. The Morgan fingerprint density at radius 2 is 1.75 bits per heavy atom. The van der Waals surface area contributed by atoms with E-state index in [9.17, 15) is 9.18 Å². The van der Waals surface area contributed by atoms with E-state index < -0.39 is 0 Å². The van der Waals surface area contributed by atoms with Crippen LogP contribution in [0, 0.1) is 17.1 Å². The highest BCUT2D eigenvalue weighted by Gasteiger charge is 2.06. The van der Waals surface area contributed by atoms with Gasteiger partial charge in [0.25, 0.3) is 0 Å². The van der Waals surface area contributed by atoms with Gasteiger partial charge in [0.15, 0.2) is 5.78 Å². The zero-order valence-electron chi connectivity index (χ0n) is 10.7. The largest absolute Gasteiger partial charge is 0.369 e. The molecule has 0 unspecified atom stereocenters. The van der Waals surface area contributed by atoms with Crippen LogP contribution >= 0.6 is 0 Å². The number of benzene rings is 2. The molecule has 0 aromatic heterocycles. The van der Waals surface area contributed by atoms with E-state index in [0.717, 1.165) is 5.56 Å². The first-order chi connectivity index (χ1) is 9.69. The number of rotatable bonds is 5. The highest BCUT2D eigenvalue weighted by Crippen LogP contribution is 2.07. The molecule has 4 heteroatoms. The standard InChI is InChI=1S/C16H12FNO2/c17-15-7-5-14(6-8-15)16(19)11-20-10-13-3-1-12(9-18)2-4-13/h1-8H,10-11H2. The summed E-state index contributed by atoms with van der Waals surface area (Å²) < 4.78 is 18.0. The van der Waals surface area contributed by atoms with Gasteiger partial charge in [0.2, 0.25) is 0 Å². The molecule has 0 aliphatic rings. The molecule has 0 amide bonds. The number of carbonyl (C=O) groups is 1. The zero-order chi connectivity index (χ0) is 14.4. The van der Waals surface area contributed by atoms with Crippen LogP contribution in [0.4, 0.5) is 4.39 Å². The Kier molecular flexibility index (Phi) is 4.59. The van der Waals surface area contributed by atoms with Crippen LogP contribution in [-0.2, 0) is 11.3 Å². The van der Waals surface area contributed by atoms with Crippen molar-refractivity contribution in [2.24, 2.45) is 0 Å². The van der Waals surface area contributed by atoms with Gasteiger partial charge in [-0.05, 0) is 42.0 Å². The molecule has 2 aromatic carbocycles. The first-order valence-electron chi connectivity index (χ1n) is 6.04. The molecule has 2 rings (SSSR count). The highest BCUT2D eigenvalue weighted by molar-refractivity contribution is 5.97. The molecule has 20 heavy (non-hydrogen) atoms. The lowest BCUT2D eigenvalue weighted by atomic mass is 10.1. The number of halogens is 1. The van der Waals surface area contributed by atoms with Crippen LogP contribution in [0.5, 0.6) is 0 Å². The average Bonchev–Trinajstić information content (AvgIpc) is 2.48. The Balaban J connectivity index is 1.84. The summed E-state index contributed by atoms with van der Waals surface area (Å²) in [5.74, 6) is -0.571. The quantitative estimate of drug-likeness (QED) is 0.784. The first-order valence-corrected chi connectivity index (χ1v) is 6.04. The molecule has 0 N–H and O–H groups in total. The lowest BCUT2D eigenvalue weighted by Gasteiger charge is -2.04. The Labute approximate surface area is 116 Å². The predicted octanol–water partition coefficient (Wildman–Crippen LogP) is 3.10. The summed E-state index contributed by atoms with van der Waals surface area (Å²) in [6, 6.07) is 14.3. The van der Waals surface area contributed by atoms with Gasteiger partial charge in [0, 0.05) is 5.56 Å². The summed E-state index contributed by atoms with van der Waals surface area (Å²) in [6.07, 6.45) is 0. The summed E-state index contributed by atoms with van der Waals surface area (Å²) in [6.45, 7) is 0.226. The Hall–Kier alpha value is -2.51. The minimum Gasteiger partial charge on any atom is -0.369 e. The average molecular weight is 269 g/mol. The van der Waals surface area contributed by atoms with Crippen molar-refractivity contribution in [1.29, 1.82) is 5.26 Å². The van der Waals surface area contributed by atoms with Crippen LogP contribution < -0.4 is 0 Å². The smallest absolute Gasteiger partial charge is 0.188 e. The van der Waals surface area contributed by atoms with Crippen molar-refractivity contribution in [2.75, 3.05) is 6.61 Å². The molecule has 100 valence electrons. The molecule has 0 bridgehead atoms. The number of nitrogens with zero attached hydrogens (tertiary/aromatic N) is 1. The number of nitriles is 1. The minimum atomic E-state index is -0.375. The van der Waals surface area contributed by atoms with Gasteiger partial charge in [0.05, 0.1) is 18.2 Å². The Bertz CT molecular complexity index is 627. The monoisotopic (exact) mass is 269 g/mol. The molecule has 0 saturated heterocycles.